The second-order valence-electron chi connectivity index (χ2n) is 6.32. The highest BCUT2D eigenvalue weighted by Gasteiger charge is 2.39. The molecule has 0 heterocycles. The average molecular weight is 296 g/mol. The summed E-state index contributed by atoms with van der Waals surface area (Å²) >= 11 is 0. The summed E-state index contributed by atoms with van der Waals surface area (Å²) in [6, 6.07) is -0.0734. The van der Waals surface area contributed by atoms with Crippen LogP contribution in [0.4, 0.5) is 4.79 Å². The van der Waals surface area contributed by atoms with E-state index in [1.165, 1.54) is 0 Å². The highest BCUT2D eigenvalue weighted by molar-refractivity contribution is 5.95. The highest BCUT2D eigenvalue weighted by atomic mass is 16.4. The van der Waals surface area contributed by atoms with Crippen molar-refractivity contribution < 1.29 is 19.5 Å². The van der Waals surface area contributed by atoms with Crippen molar-refractivity contribution in [1.82, 2.24) is 10.2 Å². The van der Waals surface area contributed by atoms with Crippen molar-refractivity contribution in [2.24, 2.45) is 5.41 Å². The van der Waals surface area contributed by atoms with Gasteiger partial charge < -0.3 is 10.0 Å². The second-order valence-corrected chi connectivity index (χ2v) is 6.32. The summed E-state index contributed by atoms with van der Waals surface area (Å²) in [5.74, 6) is -1.22. The Morgan fingerprint density at radius 3 is 2.29 bits per heavy atom. The number of amides is 3. The third kappa shape index (κ3) is 4.19. The standard InChI is InChI=1S/C15H24N2O4/c1-2-17(11-5-6-11)14(21)16-12(18)9-15(10-13(19)20)7-3-4-8-15/h11H,2-10H2,1H3,(H,19,20)(H,16,18,21). The zero-order chi connectivity index (χ0) is 15.5. The van der Waals surface area contributed by atoms with Crippen molar-refractivity contribution >= 4 is 17.9 Å². The maximum atomic E-state index is 12.1. The van der Waals surface area contributed by atoms with Crippen LogP contribution in [0.5, 0.6) is 0 Å². The summed E-state index contributed by atoms with van der Waals surface area (Å²) in [7, 11) is 0. The molecule has 0 saturated heterocycles. The van der Waals surface area contributed by atoms with E-state index in [4.69, 9.17) is 5.11 Å². The summed E-state index contributed by atoms with van der Waals surface area (Å²) in [6.45, 7) is 2.48. The predicted octanol–water partition coefficient (Wildman–Crippen LogP) is 2.13. The first kappa shape index (κ1) is 15.8. The van der Waals surface area contributed by atoms with Crippen LogP contribution in [0.3, 0.4) is 0 Å². The van der Waals surface area contributed by atoms with E-state index in [-0.39, 0.29) is 30.8 Å². The number of aliphatic carboxylic acids is 1. The molecule has 2 aliphatic rings. The number of rotatable bonds is 6. The molecule has 0 radical (unpaired) electrons. The quantitative estimate of drug-likeness (QED) is 0.786. The second kappa shape index (κ2) is 6.45. The number of nitrogens with one attached hydrogen (secondary N) is 1. The number of carboxylic acid groups (broad SMARTS) is 1. The smallest absolute Gasteiger partial charge is 0.324 e. The highest BCUT2D eigenvalue weighted by Crippen LogP contribution is 2.44. The van der Waals surface area contributed by atoms with E-state index in [0.717, 1.165) is 38.5 Å². The number of nitrogens with zero attached hydrogens (tertiary/aromatic N) is 1. The molecule has 21 heavy (non-hydrogen) atoms. The van der Waals surface area contributed by atoms with Gasteiger partial charge in [-0.3, -0.25) is 14.9 Å². The molecule has 0 unspecified atom stereocenters. The van der Waals surface area contributed by atoms with Crippen molar-refractivity contribution in [2.75, 3.05) is 6.54 Å². The lowest BCUT2D eigenvalue weighted by Gasteiger charge is -2.27. The predicted molar refractivity (Wildman–Crippen MR) is 76.7 cm³/mol. The van der Waals surface area contributed by atoms with Gasteiger partial charge in [0.15, 0.2) is 0 Å². The fraction of sp³-hybridized carbons (Fsp3) is 0.800. The summed E-state index contributed by atoms with van der Waals surface area (Å²) in [6.07, 6.45) is 5.55. The molecule has 2 aliphatic carbocycles. The van der Waals surface area contributed by atoms with Crippen LogP contribution in [0.15, 0.2) is 0 Å². The Bertz CT molecular complexity index is 425. The topological polar surface area (TPSA) is 86.7 Å². The van der Waals surface area contributed by atoms with E-state index >= 15 is 0 Å². The van der Waals surface area contributed by atoms with Crippen molar-refractivity contribution in [3.63, 3.8) is 0 Å². The van der Waals surface area contributed by atoms with Crippen molar-refractivity contribution in [3.05, 3.63) is 0 Å². The number of hydrogen-bond donors (Lipinski definition) is 2. The monoisotopic (exact) mass is 296 g/mol. The van der Waals surface area contributed by atoms with E-state index in [0.29, 0.717) is 6.54 Å². The van der Waals surface area contributed by atoms with Crippen LogP contribution in [-0.4, -0.2) is 40.5 Å². The summed E-state index contributed by atoms with van der Waals surface area (Å²) < 4.78 is 0. The minimum atomic E-state index is -0.871. The molecule has 2 saturated carbocycles. The maximum absolute atomic E-state index is 12.1. The fourth-order valence-corrected chi connectivity index (χ4v) is 3.39. The Morgan fingerprint density at radius 1 is 1.19 bits per heavy atom. The van der Waals surface area contributed by atoms with Gasteiger partial charge in [0.1, 0.15) is 0 Å². The summed E-state index contributed by atoms with van der Waals surface area (Å²) in [5.41, 5.74) is -0.465. The Kier molecular flexibility index (Phi) is 4.85. The van der Waals surface area contributed by atoms with E-state index in [1.54, 1.807) is 4.90 Å². The minimum absolute atomic E-state index is 0.00866. The molecule has 0 aromatic heterocycles. The van der Waals surface area contributed by atoms with Crippen molar-refractivity contribution in [1.29, 1.82) is 0 Å². The molecule has 0 aromatic carbocycles. The minimum Gasteiger partial charge on any atom is -0.481 e. The zero-order valence-corrected chi connectivity index (χ0v) is 12.6. The SMILES string of the molecule is CCN(C(=O)NC(=O)CC1(CC(=O)O)CCCC1)C1CC1. The van der Waals surface area contributed by atoms with Gasteiger partial charge in [-0.05, 0) is 38.0 Å². The lowest BCUT2D eigenvalue weighted by Crippen LogP contribution is -2.45. The van der Waals surface area contributed by atoms with Crippen molar-refractivity contribution in [3.8, 4) is 0 Å². The number of imide groups is 1. The number of carbonyl (C=O) groups is 3. The van der Waals surface area contributed by atoms with Crippen LogP contribution >= 0.6 is 0 Å². The number of carbonyl (C=O) groups excluding carboxylic acids is 2. The Labute approximate surface area is 124 Å². The molecule has 0 atom stereocenters. The van der Waals surface area contributed by atoms with Gasteiger partial charge in [0.2, 0.25) is 5.91 Å². The molecule has 0 aromatic rings. The Hall–Kier alpha value is -1.59. The third-order valence-corrected chi connectivity index (χ3v) is 4.56. The van der Waals surface area contributed by atoms with E-state index in [1.807, 2.05) is 6.92 Å². The van der Waals surface area contributed by atoms with Gasteiger partial charge in [0.05, 0.1) is 6.42 Å². The van der Waals surface area contributed by atoms with Crippen LogP contribution in [0.25, 0.3) is 0 Å². The molecular formula is C15H24N2O4. The van der Waals surface area contributed by atoms with E-state index < -0.39 is 11.4 Å². The fourth-order valence-electron chi connectivity index (χ4n) is 3.39. The zero-order valence-electron chi connectivity index (χ0n) is 12.6. The third-order valence-electron chi connectivity index (χ3n) is 4.56. The van der Waals surface area contributed by atoms with Gasteiger partial charge in [-0.15, -0.1) is 0 Å². The van der Waals surface area contributed by atoms with Crippen LogP contribution in [0.2, 0.25) is 0 Å². The van der Waals surface area contributed by atoms with Gasteiger partial charge in [0.25, 0.3) is 0 Å². The molecule has 0 bridgehead atoms. The van der Waals surface area contributed by atoms with Crippen LogP contribution in [0.1, 0.15) is 58.3 Å². The molecule has 2 N–H and O–H groups in total. The average Bonchev–Trinajstić information content (AvgIpc) is 3.11. The molecular weight excluding hydrogens is 272 g/mol. The number of urea groups is 1. The summed E-state index contributed by atoms with van der Waals surface area (Å²) in [4.78, 5) is 36.8. The maximum Gasteiger partial charge on any atom is 0.324 e. The number of hydrogen-bond acceptors (Lipinski definition) is 3. The van der Waals surface area contributed by atoms with Gasteiger partial charge in [-0.2, -0.15) is 0 Å². The first-order valence-corrected chi connectivity index (χ1v) is 7.78. The first-order chi connectivity index (χ1) is 9.96. The Balaban J connectivity index is 1.90. The van der Waals surface area contributed by atoms with Gasteiger partial charge in [-0.1, -0.05) is 12.8 Å². The molecule has 0 spiro atoms. The lowest BCUT2D eigenvalue weighted by molar-refractivity contribution is -0.140. The molecule has 2 rings (SSSR count). The van der Waals surface area contributed by atoms with Crippen LogP contribution in [0, 0.1) is 5.41 Å². The largest absolute Gasteiger partial charge is 0.481 e. The van der Waals surface area contributed by atoms with Crippen molar-refractivity contribution in [2.45, 2.75) is 64.3 Å². The van der Waals surface area contributed by atoms with Crippen LogP contribution in [-0.2, 0) is 9.59 Å². The van der Waals surface area contributed by atoms with Gasteiger partial charge >= 0.3 is 12.0 Å². The van der Waals surface area contributed by atoms with Gasteiger partial charge in [0, 0.05) is 19.0 Å². The summed E-state index contributed by atoms with van der Waals surface area (Å²) in [5, 5.41) is 11.5. The molecule has 6 heteroatoms. The Morgan fingerprint density at radius 2 is 1.81 bits per heavy atom. The van der Waals surface area contributed by atoms with Gasteiger partial charge in [-0.25, -0.2) is 4.79 Å². The lowest BCUT2D eigenvalue weighted by atomic mass is 9.79. The van der Waals surface area contributed by atoms with Crippen LogP contribution < -0.4 is 5.32 Å². The number of carboxylic acids is 1. The molecule has 118 valence electrons. The normalized spacial score (nSPS) is 20.0. The van der Waals surface area contributed by atoms with E-state index in [9.17, 15) is 14.4 Å². The molecule has 6 nitrogen and oxygen atoms in total. The molecule has 0 aliphatic heterocycles. The molecule has 3 amide bonds. The molecule has 2 fully saturated rings. The van der Waals surface area contributed by atoms with E-state index in [2.05, 4.69) is 5.32 Å². The first-order valence-electron chi connectivity index (χ1n) is 7.78.